The van der Waals surface area contributed by atoms with E-state index >= 15 is 0 Å². The smallest absolute Gasteiger partial charge is 0.229 e. The van der Waals surface area contributed by atoms with Crippen molar-refractivity contribution in [3.05, 3.63) is 23.8 Å². The summed E-state index contributed by atoms with van der Waals surface area (Å²) in [7, 11) is 0. The minimum atomic E-state index is -0.0202. The Morgan fingerprint density at radius 1 is 1.37 bits per heavy atom. The van der Waals surface area contributed by atoms with Crippen molar-refractivity contribution in [2.75, 3.05) is 31.7 Å². The molecule has 1 atom stereocenters. The standard InChI is InChI=1S/C14H18N2O3/c17-14(10-3-5-18-9-10)16-12-1-2-13-11(7-12)8-15-4-6-19-13/h1-2,7,10,15H,3-6,8-9H2,(H,16,17). The number of hydrogen-bond donors (Lipinski definition) is 2. The van der Waals surface area contributed by atoms with Crippen LogP contribution in [0.5, 0.6) is 5.75 Å². The van der Waals surface area contributed by atoms with E-state index in [1.165, 1.54) is 0 Å². The predicted molar refractivity (Wildman–Crippen MR) is 71.2 cm³/mol. The number of anilines is 1. The first kappa shape index (κ1) is 12.4. The van der Waals surface area contributed by atoms with Crippen molar-refractivity contribution in [2.24, 2.45) is 5.92 Å². The lowest BCUT2D eigenvalue weighted by molar-refractivity contribution is -0.119. The van der Waals surface area contributed by atoms with E-state index in [1.54, 1.807) is 0 Å². The average Bonchev–Trinajstić information content (AvgIpc) is 2.85. The van der Waals surface area contributed by atoms with Crippen LogP contribution in [0.15, 0.2) is 18.2 Å². The van der Waals surface area contributed by atoms with Gasteiger partial charge in [0.15, 0.2) is 0 Å². The third kappa shape index (κ3) is 2.88. The Bertz CT molecular complexity index is 470. The number of nitrogens with one attached hydrogen (secondary N) is 2. The van der Waals surface area contributed by atoms with Gasteiger partial charge in [0.25, 0.3) is 0 Å². The molecule has 2 aliphatic rings. The molecule has 1 unspecified atom stereocenters. The van der Waals surface area contributed by atoms with Gasteiger partial charge >= 0.3 is 0 Å². The summed E-state index contributed by atoms with van der Waals surface area (Å²) in [5, 5.41) is 6.23. The monoisotopic (exact) mass is 262 g/mol. The van der Waals surface area contributed by atoms with Crippen LogP contribution in [-0.2, 0) is 16.1 Å². The summed E-state index contributed by atoms with van der Waals surface area (Å²) >= 11 is 0. The third-order valence-electron chi connectivity index (χ3n) is 3.48. The molecular formula is C14H18N2O3. The van der Waals surface area contributed by atoms with Crippen molar-refractivity contribution in [1.29, 1.82) is 0 Å². The van der Waals surface area contributed by atoms with Crippen molar-refractivity contribution in [3.8, 4) is 5.75 Å². The molecule has 0 bridgehead atoms. The van der Waals surface area contributed by atoms with Crippen LogP contribution in [0.25, 0.3) is 0 Å². The van der Waals surface area contributed by atoms with Crippen LogP contribution in [0.3, 0.4) is 0 Å². The first-order valence-corrected chi connectivity index (χ1v) is 6.68. The van der Waals surface area contributed by atoms with E-state index in [1.807, 2.05) is 18.2 Å². The molecule has 2 aliphatic heterocycles. The van der Waals surface area contributed by atoms with E-state index in [9.17, 15) is 4.79 Å². The van der Waals surface area contributed by atoms with Gasteiger partial charge in [-0.05, 0) is 24.6 Å². The van der Waals surface area contributed by atoms with Crippen LogP contribution in [-0.4, -0.2) is 32.3 Å². The van der Waals surface area contributed by atoms with Gasteiger partial charge in [-0.2, -0.15) is 0 Å². The number of benzene rings is 1. The predicted octanol–water partition coefficient (Wildman–Crippen LogP) is 1.14. The lowest BCUT2D eigenvalue weighted by Gasteiger charge is -2.12. The quantitative estimate of drug-likeness (QED) is 0.839. The molecule has 102 valence electrons. The highest BCUT2D eigenvalue weighted by molar-refractivity contribution is 5.93. The summed E-state index contributed by atoms with van der Waals surface area (Å²) in [6, 6.07) is 5.78. The summed E-state index contributed by atoms with van der Waals surface area (Å²) < 4.78 is 10.8. The first-order valence-electron chi connectivity index (χ1n) is 6.68. The fraction of sp³-hybridized carbons (Fsp3) is 0.500. The number of carbonyl (C=O) groups is 1. The summed E-state index contributed by atoms with van der Waals surface area (Å²) in [6.07, 6.45) is 0.807. The average molecular weight is 262 g/mol. The van der Waals surface area contributed by atoms with Gasteiger partial charge in [0.1, 0.15) is 12.4 Å². The maximum Gasteiger partial charge on any atom is 0.229 e. The molecule has 1 saturated heterocycles. The summed E-state index contributed by atoms with van der Waals surface area (Å²) in [5.41, 5.74) is 1.90. The van der Waals surface area contributed by atoms with E-state index in [-0.39, 0.29) is 11.8 Å². The van der Waals surface area contributed by atoms with E-state index in [0.717, 1.165) is 36.5 Å². The van der Waals surface area contributed by atoms with Crippen molar-refractivity contribution in [1.82, 2.24) is 5.32 Å². The summed E-state index contributed by atoms with van der Waals surface area (Å²) in [5.74, 6) is 0.917. The van der Waals surface area contributed by atoms with Crippen molar-refractivity contribution < 1.29 is 14.3 Å². The van der Waals surface area contributed by atoms with Gasteiger partial charge in [-0.1, -0.05) is 0 Å². The molecule has 0 aliphatic carbocycles. The lowest BCUT2D eigenvalue weighted by atomic mass is 10.1. The topological polar surface area (TPSA) is 59.6 Å². The molecule has 5 nitrogen and oxygen atoms in total. The number of rotatable bonds is 2. The molecule has 1 aromatic rings. The van der Waals surface area contributed by atoms with Gasteiger partial charge in [0.05, 0.1) is 12.5 Å². The highest BCUT2D eigenvalue weighted by atomic mass is 16.5. The van der Waals surface area contributed by atoms with Crippen LogP contribution < -0.4 is 15.4 Å². The number of hydrogen-bond acceptors (Lipinski definition) is 4. The SMILES string of the molecule is O=C(Nc1ccc2c(c1)CNCCO2)C1CCOC1. The number of fused-ring (bicyclic) bond motifs is 1. The molecule has 2 N–H and O–H groups in total. The normalized spacial score (nSPS) is 22.2. The highest BCUT2D eigenvalue weighted by Crippen LogP contribution is 2.25. The molecule has 1 amide bonds. The molecule has 19 heavy (non-hydrogen) atoms. The van der Waals surface area contributed by atoms with E-state index in [2.05, 4.69) is 10.6 Å². The molecule has 3 rings (SSSR count). The van der Waals surface area contributed by atoms with Crippen LogP contribution in [0.2, 0.25) is 0 Å². The fourth-order valence-corrected chi connectivity index (χ4v) is 2.38. The lowest BCUT2D eigenvalue weighted by Crippen LogP contribution is -2.22. The van der Waals surface area contributed by atoms with Crippen molar-refractivity contribution in [2.45, 2.75) is 13.0 Å². The molecule has 0 aromatic heterocycles. The Hall–Kier alpha value is -1.59. The maximum absolute atomic E-state index is 12.0. The zero-order valence-corrected chi connectivity index (χ0v) is 10.8. The third-order valence-corrected chi connectivity index (χ3v) is 3.48. The Labute approximate surface area is 112 Å². The second-order valence-electron chi connectivity index (χ2n) is 4.90. The summed E-state index contributed by atoms with van der Waals surface area (Å²) in [4.78, 5) is 12.0. The maximum atomic E-state index is 12.0. The second kappa shape index (κ2) is 5.59. The molecule has 0 spiro atoms. The first-order chi connectivity index (χ1) is 9.33. The minimum Gasteiger partial charge on any atom is -0.492 e. The van der Waals surface area contributed by atoms with Crippen LogP contribution in [0, 0.1) is 5.92 Å². The van der Waals surface area contributed by atoms with Gasteiger partial charge in [-0.25, -0.2) is 0 Å². The van der Waals surface area contributed by atoms with Gasteiger partial charge in [0.2, 0.25) is 5.91 Å². The zero-order valence-electron chi connectivity index (χ0n) is 10.8. The minimum absolute atomic E-state index is 0.0202. The van der Waals surface area contributed by atoms with Gasteiger partial charge in [-0.3, -0.25) is 4.79 Å². The zero-order chi connectivity index (χ0) is 13.1. The fourth-order valence-electron chi connectivity index (χ4n) is 2.38. The molecule has 1 fully saturated rings. The molecule has 2 heterocycles. The summed E-state index contributed by atoms with van der Waals surface area (Å²) in [6.45, 7) is 3.50. The van der Waals surface area contributed by atoms with E-state index in [4.69, 9.17) is 9.47 Å². The van der Waals surface area contributed by atoms with Crippen molar-refractivity contribution >= 4 is 11.6 Å². The molecule has 0 radical (unpaired) electrons. The second-order valence-corrected chi connectivity index (χ2v) is 4.90. The number of amides is 1. The number of ether oxygens (including phenoxy) is 2. The Morgan fingerprint density at radius 3 is 3.16 bits per heavy atom. The molecule has 5 heteroatoms. The Morgan fingerprint density at radius 2 is 2.32 bits per heavy atom. The Kier molecular flexibility index (Phi) is 3.66. The van der Waals surface area contributed by atoms with Crippen LogP contribution >= 0.6 is 0 Å². The van der Waals surface area contributed by atoms with Crippen LogP contribution in [0.1, 0.15) is 12.0 Å². The largest absolute Gasteiger partial charge is 0.492 e. The van der Waals surface area contributed by atoms with Gasteiger partial charge < -0.3 is 20.1 Å². The Balaban J connectivity index is 1.71. The van der Waals surface area contributed by atoms with Gasteiger partial charge in [0, 0.05) is 30.9 Å². The highest BCUT2D eigenvalue weighted by Gasteiger charge is 2.23. The molecule has 0 saturated carbocycles. The number of carbonyl (C=O) groups excluding carboxylic acids is 1. The van der Waals surface area contributed by atoms with E-state index < -0.39 is 0 Å². The van der Waals surface area contributed by atoms with Gasteiger partial charge in [-0.15, -0.1) is 0 Å². The van der Waals surface area contributed by atoms with Crippen molar-refractivity contribution in [3.63, 3.8) is 0 Å². The van der Waals surface area contributed by atoms with E-state index in [0.29, 0.717) is 19.8 Å². The molecule has 1 aromatic carbocycles. The van der Waals surface area contributed by atoms with Crippen LogP contribution in [0.4, 0.5) is 5.69 Å². The molecular weight excluding hydrogens is 244 g/mol.